The molecule has 0 aliphatic carbocycles. The molecule has 0 bridgehead atoms. The van der Waals surface area contributed by atoms with Crippen molar-refractivity contribution in [3.63, 3.8) is 0 Å². The molecule has 4 N–H and O–H groups in total. The zero-order valence-corrected chi connectivity index (χ0v) is 21.4. The Balaban J connectivity index is 1.32. The summed E-state index contributed by atoms with van der Waals surface area (Å²) in [5.74, 6) is -3.84. The third-order valence-corrected chi connectivity index (χ3v) is 6.87. The Labute approximate surface area is 229 Å². The van der Waals surface area contributed by atoms with Crippen LogP contribution >= 0.6 is 0 Å². The van der Waals surface area contributed by atoms with Crippen LogP contribution in [0, 0.1) is 11.6 Å². The standard InChI is InChI=1S/C25H25F4N7O5/c26-17-8-14(34-12-15(41-25(34)40)11-31-23(38)22(28)29)9-18(27)21(17)33-3-5-35-19-2-1-13(32-20(37)10-30)7-16(19)24(39)36(35)6-4-33/h1-2,7-9,15,22H,3-6,10-12,30H2,(H,31,38)(H,32,37)/t15-/m0/s1. The number of halogens is 4. The van der Waals surface area contributed by atoms with Crippen molar-refractivity contribution in [1.82, 2.24) is 14.7 Å². The van der Waals surface area contributed by atoms with Crippen molar-refractivity contribution in [1.29, 1.82) is 0 Å². The minimum atomic E-state index is -3.23. The molecule has 2 aromatic carbocycles. The minimum Gasteiger partial charge on any atom is -0.442 e. The summed E-state index contributed by atoms with van der Waals surface area (Å²) in [4.78, 5) is 50.5. The lowest BCUT2D eigenvalue weighted by molar-refractivity contribution is -0.132. The van der Waals surface area contributed by atoms with Crippen LogP contribution in [0.1, 0.15) is 0 Å². The first-order chi connectivity index (χ1) is 19.6. The van der Waals surface area contributed by atoms with Gasteiger partial charge in [0.25, 0.3) is 11.5 Å². The van der Waals surface area contributed by atoms with Crippen molar-refractivity contribution >= 4 is 45.9 Å². The number of benzene rings is 2. The first kappa shape index (κ1) is 27.9. The average Bonchev–Trinajstić information content (AvgIpc) is 3.33. The minimum absolute atomic E-state index is 0.0951. The van der Waals surface area contributed by atoms with E-state index in [4.69, 9.17) is 10.5 Å². The molecule has 0 unspecified atom stereocenters. The van der Waals surface area contributed by atoms with E-state index in [0.717, 1.165) is 17.0 Å². The van der Waals surface area contributed by atoms with Crippen LogP contribution in [-0.4, -0.2) is 72.5 Å². The highest BCUT2D eigenvalue weighted by atomic mass is 19.3. The number of cyclic esters (lactones) is 1. The van der Waals surface area contributed by atoms with Crippen molar-refractivity contribution in [2.75, 3.05) is 47.8 Å². The third kappa shape index (κ3) is 5.41. The monoisotopic (exact) mass is 579 g/mol. The number of rotatable bonds is 7. The second-order valence-corrected chi connectivity index (χ2v) is 9.44. The maximum absolute atomic E-state index is 15.3. The molecule has 0 spiro atoms. The number of hydrogen-bond acceptors (Lipinski definition) is 7. The Bertz CT molecular complexity index is 1570. The van der Waals surface area contributed by atoms with Crippen LogP contribution in [0.2, 0.25) is 0 Å². The normalized spacial score (nSPS) is 17.0. The van der Waals surface area contributed by atoms with E-state index in [1.54, 1.807) is 22.9 Å². The van der Waals surface area contributed by atoms with Crippen molar-refractivity contribution in [2.45, 2.75) is 25.6 Å². The van der Waals surface area contributed by atoms with Crippen molar-refractivity contribution in [3.05, 3.63) is 52.3 Å². The molecule has 3 aromatic rings. The van der Waals surface area contributed by atoms with Crippen molar-refractivity contribution < 1.29 is 36.7 Å². The number of nitrogens with two attached hydrogens (primary N) is 1. The molecule has 5 rings (SSSR count). The SMILES string of the molecule is NCC(=O)Nc1ccc2c(c1)c(=O)n1n2CCN(c2c(F)cc(N3C[C@H](CNC(=O)C(F)F)OC3=O)cc2F)CC1. The maximum atomic E-state index is 15.3. The van der Waals surface area contributed by atoms with Gasteiger partial charge in [-0.3, -0.25) is 24.0 Å². The molecule has 1 aromatic heterocycles. The Kier molecular flexibility index (Phi) is 7.57. The number of carbonyl (C=O) groups is 3. The Morgan fingerprint density at radius 2 is 1.71 bits per heavy atom. The van der Waals surface area contributed by atoms with Crippen LogP contribution in [0.25, 0.3) is 10.9 Å². The first-order valence-electron chi connectivity index (χ1n) is 12.6. The van der Waals surface area contributed by atoms with Crippen LogP contribution in [-0.2, 0) is 27.4 Å². The molecule has 2 aliphatic rings. The lowest BCUT2D eigenvalue weighted by atomic mass is 10.2. The number of carbonyl (C=O) groups excluding carboxylic acids is 3. The summed E-state index contributed by atoms with van der Waals surface area (Å²) in [6.07, 6.45) is -5.17. The zero-order valence-electron chi connectivity index (χ0n) is 21.4. The molecule has 41 heavy (non-hydrogen) atoms. The largest absolute Gasteiger partial charge is 0.442 e. The van der Waals surface area contributed by atoms with E-state index in [2.05, 4.69) is 5.32 Å². The topological polar surface area (TPSA) is 144 Å². The molecule has 3 heterocycles. The average molecular weight is 580 g/mol. The lowest BCUT2D eigenvalue weighted by Gasteiger charge is -2.24. The highest BCUT2D eigenvalue weighted by molar-refractivity contribution is 5.94. The fourth-order valence-corrected chi connectivity index (χ4v) is 4.97. The van der Waals surface area contributed by atoms with E-state index in [9.17, 15) is 28.0 Å². The molecule has 0 saturated carbocycles. The Morgan fingerprint density at radius 3 is 2.37 bits per heavy atom. The summed E-state index contributed by atoms with van der Waals surface area (Å²) in [6.45, 7) is -0.230. The first-order valence-corrected chi connectivity index (χ1v) is 12.6. The maximum Gasteiger partial charge on any atom is 0.414 e. The Morgan fingerprint density at radius 1 is 1.02 bits per heavy atom. The molecule has 218 valence electrons. The number of alkyl halides is 2. The molecule has 3 amide bonds. The fraction of sp³-hybridized carbons (Fsp3) is 0.360. The van der Waals surface area contributed by atoms with Crippen LogP contribution in [0.3, 0.4) is 0 Å². The van der Waals surface area contributed by atoms with Gasteiger partial charge in [-0.15, -0.1) is 0 Å². The van der Waals surface area contributed by atoms with E-state index >= 15 is 8.78 Å². The van der Waals surface area contributed by atoms with E-state index in [1.807, 2.05) is 5.32 Å². The van der Waals surface area contributed by atoms with Gasteiger partial charge in [-0.1, -0.05) is 0 Å². The van der Waals surface area contributed by atoms with Crippen LogP contribution < -0.4 is 31.7 Å². The summed E-state index contributed by atoms with van der Waals surface area (Å²) in [5.41, 5.74) is 5.53. The van der Waals surface area contributed by atoms with Crippen molar-refractivity contribution in [3.8, 4) is 0 Å². The van der Waals surface area contributed by atoms with Gasteiger partial charge in [-0.2, -0.15) is 8.78 Å². The second-order valence-electron chi connectivity index (χ2n) is 9.44. The molecule has 12 nitrogen and oxygen atoms in total. The lowest BCUT2D eigenvalue weighted by Crippen LogP contribution is -2.37. The van der Waals surface area contributed by atoms with Crippen LogP contribution in [0.4, 0.5) is 39.4 Å². The van der Waals surface area contributed by atoms with Gasteiger partial charge >= 0.3 is 12.5 Å². The third-order valence-electron chi connectivity index (χ3n) is 6.87. The van der Waals surface area contributed by atoms with E-state index in [0.29, 0.717) is 16.6 Å². The summed E-state index contributed by atoms with van der Waals surface area (Å²) < 4.78 is 63.6. The van der Waals surface area contributed by atoms with Gasteiger partial charge in [0, 0.05) is 30.9 Å². The fourth-order valence-electron chi connectivity index (χ4n) is 4.97. The van der Waals surface area contributed by atoms with Gasteiger partial charge in [0.15, 0.2) is 11.6 Å². The predicted molar refractivity (Wildman–Crippen MR) is 139 cm³/mol. The van der Waals surface area contributed by atoms with Gasteiger partial charge in [-0.25, -0.2) is 18.3 Å². The van der Waals surface area contributed by atoms with Gasteiger partial charge in [0.2, 0.25) is 5.91 Å². The molecule has 2 aliphatic heterocycles. The summed E-state index contributed by atoms with van der Waals surface area (Å²) in [6, 6.07) is 6.78. The molecular formula is C25H25F4N7O5. The van der Waals surface area contributed by atoms with Gasteiger partial charge < -0.3 is 26.0 Å². The molecule has 1 fully saturated rings. The van der Waals surface area contributed by atoms with Gasteiger partial charge in [0.05, 0.1) is 49.3 Å². The highest BCUT2D eigenvalue weighted by Gasteiger charge is 2.34. The number of amides is 3. The molecule has 1 saturated heterocycles. The number of nitrogens with zero attached hydrogens (tertiary/aromatic N) is 4. The highest BCUT2D eigenvalue weighted by Crippen LogP contribution is 2.32. The summed E-state index contributed by atoms with van der Waals surface area (Å²) in [5, 5.41) is 4.91. The number of hydrogen-bond donors (Lipinski definition) is 3. The van der Waals surface area contributed by atoms with E-state index in [-0.39, 0.29) is 62.7 Å². The number of anilines is 3. The molecule has 1 atom stereocenters. The summed E-state index contributed by atoms with van der Waals surface area (Å²) in [7, 11) is 0. The predicted octanol–water partition coefficient (Wildman–Crippen LogP) is 1.21. The van der Waals surface area contributed by atoms with E-state index in [1.165, 1.54) is 9.58 Å². The van der Waals surface area contributed by atoms with Crippen LogP contribution in [0.5, 0.6) is 0 Å². The summed E-state index contributed by atoms with van der Waals surface area (Å²) >= 11 is 0. The quantitative estimate of drug-likeness (QED) is 0.357. The van der Waals surface area contributed by atoms with Crippen LogP contribution in [0.15, 0.2) is 35.1 Å². The van der Waals surface area contributed by atoms with Gasteiger partial charge in [0.1, 0.15) is 11.8 Å². The smallest absolute Gasteiger partial charge is 0.414 e. The molecular weight excluding hydrogens is 554 g/mol. The number of fused-ring (bicyclic) bond motifs is 3. The van der Waals surface area contributed by atoms with Crippen molar-refractivity contribution in [2.24, 2.45) is 5.73 Å². The zero-order chi connectivity index (χ0) is 29.4. The number of nitrogens with one attached hydrogen (secondary N) is 2. The Hall–Kier alpha value is -4.60. The second kappa shape index (κ2) is 11.1. The number of ether oxygens (including phenoxy) is 1. The molecule has 0 radical (unpaired) electrons. The molecule has 16 heteroatoms. The van der Waals surface area contributed by atoms with E-state index < -0.39 is 42.1 Å². The number of aromatic nitrogens is 2. The van der Waals surface area contributed by atoms with Gasteiger partial charge in [-0.05, 0) is 18.2 Å².